The Labute approximate surface area is 113 Å². The van der Waals surface area contributed by atoms with Crippen LogP contribution in [0.2, 0.25) is 0 Å². The van der Waals surface area contributed by atoms with Crippen LogP contribution in [0.25, 0.3) is 11.1 Å². The summed E-state index contributed by atoms with van der Waals surface area (Å²) >= 11 is 0. The Morgan fingerprint density at radius 2 is 1.89 bits per heavy atom. The number of hydrogen-bond acceptors (Lipinski definition) is 1. The zero-order valence-electron chi connectivity index (χ0n) is 10.9. The quantitative estimate of drug-likeness (QED) is 0.856. The van der Waals surface area contributed by atoms with E-state index >= 15 is 0 Å². The molecule has 0 bridgehead atoms. The number of piperidine rings is 1. The molecule has 2 aromatic carbocycles. The first-order valence-electron chi connectivity index (χ1n) is 6.90. The van der Waals surface area contributed by atoms with E-state index in [1.165, 1.54) is 18.4 Å². The van der Waals surface area contributed by atoms with Crippen molar-refractivity contribution in [3.63, 3.8) is 0 Å². The summed E-state index contributed by atoms with van der Waals surface area (Å²) in [6.45, 7) is 2.10. The van der Waals surface area contributed by atoms with Crippen LogP contribution in [-0.2, 0) is 0 Å². The van der Waals surface area contributed by atoms with Crippen LogP contribution in [0.5, 0.6) is 0 Å². The number of rotatable bonds is 2. The van der Waals surface area contributed by atoms with Crippen LogP contribution >= 0.6 is 0 Å². The molecule has 0 saturated carbocycles. The van der Waals surface area contributed by atoms with Gasteiger partial charge in [0.2, 0.25) is 0 Å². The van der Waals surface area contributed by atoms with Crippen molar-refractivity contribution in [3.8, 4) is 11.1 Å². The summed E-state index contributed by atoms with van der Waals surface area (Å²) in [6, 6.07) is 15.3. The summed E-state index contributed by atoms with van der Waals surface area (Å²) in [7, 11) is 0. The van der Waals surface area contributed by atoms with Gasteiger partial charge in [-0.15, -0.1) is 0 Å². The summed E-state index contributed by atoms with van der Waals surface area (Å²) in [5, 5.41) is 3.41. The fourth-order valence-electron chi connectivity index (χ4n) is 2.77. The smallest absolute Gasteiger partial charge is 0.131 e. The third-order valence-corrected chi connectivity index (χ3v) is 3.84. The van der Waals surface area contributed by atoms with Crippen molar-refractivity contribution in [2.45, 2.75) is 18.8 Å². The van der Waals surface area contributed by atoms with E-state index < -0.39 is 0 Å². The number of halogens is 1. The van der Waals surface area contributed by atoms with Gasteiger partial charge >= 0.3 is 0 Å². The van der Waals surface area contributed by atoms with Gasteiger partial charge in [0.15, 0.2) is 0 Å². The minimum Gasteiger partial charge on any atom is -0.316 e. The molecule has 1 atom stereocenters. The highest BCUT2D eigenvalue weighted by atomic mass is 19.1. The lowest BCUT2D eigenvalue weighted by Crippen LogP contribution is -2.28. The average molecular weight is 255 g/mol. The zero-order valence-corrected chi connectivity index (χ0v) is 10.9. The number of hydrogen-bond donors (Lipinski definition) is 1. The van der Waals surface area contributed by atoms with E-state index in [4.69, 9.17) is 0 Å². The Morgan fingerprint density at radius 1 is 1.05 bits per heavy atom. The van der Waals surface area contributed by atoms with Gasteiger partial charge in [-0.3, -0.25) is 0 Å². The largest absolute Gasteiger partial charge is 0.316 e. The van der Waals surface area contributed by atoms with Crippen molar-refractivity contribution < 1.29 is 4.39 Å². The Balaban J connectivity index is 1.96. The Morgan fingerprint density at radius 3 is 2.63 bits per heavy atom. The molecule has 1 aliphatic heterocycles. The van der Waals surface area contributed by atoms with Crippen molar-refractivity contribution in [3.05, 3.63) is 59.9 Å². The first kappa shape index (κ1) is 12.4. The van der Waals surface area contributed by atoms with Gasteiger partial charge in [0.05, 0.1) is 0 Å². The van der Waals surface area contributed by atoms with Gasteiger partial charge in [-0.25, -0.2) is 4.39 Å². The van der Waals surface area contributed by atoms with E-state index in [-0.39, 0.29) is 5.82 Å². The minimum atomic E-state index is -0.140. The normalized spacial score (nSPS) is 19.3. The summed E-state index contributed by atoms with van der Waals surface area (Å²) in [6.07, 6.45) is 2.38. The molecule has 2 aromatic rings. The SMILES string of the molecule is Fc1ccc(C2CCCNC2)cc1-c1ccccc1. The van der Waals surface area contributed by atoms with Gasteiger partial charge in [0.25, 0.3) is 0 Å². The molecule has 1 fully saturated rings. The first-order chi connectivity index (χ1) is 9.34. The fourth-order valence-corrected chi connectivity index (χ4v) is 2.77. The van der Waals surface area contributed by atoms with Crippen molar-refractivity contribution in [1.82, 2.24) is 5.32 Å². The molecule has 0 aliphatic carbocycles. The molecule has 1 heterocycles. The summed E-state index contributed by atoms with van der Waals surface area (Å²) in [5.41, 5.74) is 2.90. The molecule has 1 saturated heterocycles. The molecule has 0 spiro atoms. The van der Waals surface area contributed by atoms with Crippen LogP contribution in [-0.4, -0.2) is 13.1 Å². The Bertz CT molecular complexity index is 544. The standard InChI is InChI=1S/C17H18FN/c18-17-9-8-14(15-7-4-10-19-12-15)11-16(17)13-5-2-1-3-6-13/h1-3,5-6,8-9,11,15,19H,4,7,10,12H2. The van der Waals surface area contributed by atoms with Crippen molar-refractivity contribution in [2.24, 2.45) is 0 Å². The van der Waals surface area contributed by atoms with Crippen molar-refractivity contribution in [1.29, 1.82) is 0 Å². The van der Waals surface area contributed by atoms with Crippen LogP contribution in [0.15, 0.2) is 48.5 Å². The highest BCUT2D eigenvalue weighted by Gasteiger charge is 2.16. The minimum absolute atomic E-state index is 0.140. The molecule has 0 radical (unpaired) electrons. The van der Waals surface area contributed by atoms with Crippen LogP contribution in [0.1, 0.15) is 24.3 Å². The highest BCUT2D eigenvalue weighted by Crippen LogP contribution is 2.29. The Kier molecular flexibility index (Phi) is 3.60. The Hall–Kier alpha value is -1.67. The molecule has 1 unspecified atom stereocenters. The monoisotopic (exact) mass is 255 g/mol. The second-order valence-electron chi connectivity index (χ2n) is 5.15. The second-order valence-corrected chi connectivity index (χ2v) is 5.15. The van der Waals surface area contributed by atoms with E-state index in [1.54, 1.807) is 6.07 Å². The highest BCUT2D eigenvalue weighted by molar-refractivity contribution is 5.65. The lowest BCUT2D eigenvalue weighted by molar-refractivity contribution is 0.461. The molecule has 98 valence electrons. The van der Waals surface area contributed by atoms with Crippen molar-refractivity contribution >= 4 is 0 Å². The lowest BCUT2D eigenvalue weighted by Gasteiger charge is -2.23. The van der Waals surface area contributed by atoms with Gasteiger partial charge in [-0.05, 0) is 48.6 Å². The third kappa shape index (κ3) is 2.69. The van der Waals surface area contributed by atoms with Gasteiger partial charge < -0.3 is 5.32 Å². The molecule has 2 heteroatoms. The second kappa shape index (κ2) is 5.54. The van der Waals surface area contributed by atoms with Crippen molar-refractivity contribution in [2.75, 3.05) is 13.1 Å². The predicted octanol–water partition coefficient (Wildman–Crippen LogP) is 3.96. The molecule has 1 aliphatic rings. The van der Waals surface area contributed by atoms with E-state index in [2.05, 4.69) is 5.32 Å². The van der Waals surface area contributed by atoms with Gasteiger partial charge in [-0.2, -0.15) is 0 Å². The maximum atomic E-state index is 14.0. The van der Waals surface area contributed by atoms with Crippen LogP contribution < -0.4 is 5.32 Å². The maximum absolute atomic E-state index is 14.0. The summed E-state index contributed by atoms with van der Waals surface area (Å²) in [4.78, 5) is 0. The molecule has 19 heavy (non-hydrogen) atoms. The zero-order chi connectivity index (χ0) is 13.1. The van der Waals surface area contributed by atoms with E-state index in [0.717, 1.165) is 18.7 Å². The molecule has 0 amide bonds. The van der Waals surface area contributed by atoms with Crippen LogP contribution in [0, 0.1) is 5.82 Å². The lowest BCUT2D eigenvalue weighted by atomic mass is 9.89. The van der Waals surface area contributed by atoms with E-state index in [1.807, 2.05) is 42.5 Å². The molecule has 0 aromatic heterocycles. The fraction of sp³-hybridized carbons (Fsp3) is 0.294. The molecular formula is C17H18FN. The summed E-state index contributed by atoms with van der Waals surface area (Å²) < 4.78 is 14.0. The van der Waals surface area contributed by atoms with Crippen LogP contribution in [0.4, 0.5) is 4.39 Å². The van der Waals surface area contributed by atoms with Gasteiger partial charge in [0, 0.05) is 12.1 Å². The third-order valence-electron chi connectivity index (χ3n) is 3.84. The molecule has 3 rings (SSSR count). The molecular weight excluding hydrogens is 237 g/mol. The predicted molar refractivity (Wildman–Crippen MR) is 76.7 cm³/mol. The average Bonchev–Trinajstić information content (AvgIpc) is 2.49. The molecule has 1 N–H and O–H groups in total. The van der Waals surface area contributed by atoms with Gasteiger partial charge in [0.1, 0.15) is 5.82 Å². The number of benzene rings is 2. The van der Waals surface area contributed by atoms with E-state index in [0.29, 0.717) is 11.5 Å². The molecule has 1 nitrogen and oxygen atoms in total. The van der Waals surface area contributed by atoms with Gasteiger partial charge in [-0.1, -0.05) is 36.4 Å². The van der Waals surface area contributed by atoms with Crippen LogP contribution in [0.3, 0.4) is 0 Å². The first-order valence-corrected chi connectivity index (χ1v) is 6.90. The topological polar surface area (TPSA) is 12.0 Å². The number of nitrogens with one attached hydrogen (secondary N) is 1. The maximum Gasteiger partial charge on any atom is 0.131 e. The van der Waals surface area contributed by atoms with E-state index in [9.17, 15) is 4.39 Å². The summed E-state index contributed by atoms with van der Waals surface area (Å²) in [5.74, 6) is 0.371.